The van der Waals surface area contributed by atoms with Gasteiger partial charge < -0.3 is 10.1 Å². The summed E-state index contributed by atoms with van der Waals surface area (Å²) in [5.41, 5.74) is 2.98. The lowest BCUT2D eigenvalue weighted by atomic mass is 10.0. The SMILES string of the molecule is Cc1ccc([C@H](C)NC(=O)COC(=O)c2nn(C)c(=O)c3ccccc23)cc1C. The van der Waals surface area contributed by atoms with E-state index in [0.717, 1.165) is 15.8 Å². The minimum absolute atomic E-state index is 0.00212. The van der Waals surface area contributed by atoms with Crippen LogP contribution in [0.15, 0.2) is 47.3 Å². The zero-order valence-electron chi connectivity index (χ0n) is 16.9. The number of nitrogens with one attached hydrogen (secondary N) is 1. The molecule has 0 aliphatic carbocycles. The van der Waals surface area contributed by atoms with E-state index in [0.29, 0.717) is 10.8 Å². The third-order valence-corrected chi connectivity index (χ3v) is 4.89. The monoisotopic (exact) mass is 393 g/mol. The first-order valence-corrected chi connectivity index (χ1v) is 9.27. The molecule has 0 saturated heterocycles. The van der Waals surface area contributed by atoms with E-state index in [1.54, 1.807) is 24.3 Å². The highest BCUT2D eigenvalue weighted by molar-refractivity contribution is 6.02. The average Bonchev–Trinajstić information content (AvgIpc) is 2.70. The number of aryl methyl sites for hydroxylation is 3. The van der Waals surface area contributed by atoms with Crippen molar-refractivity contribution in [2.45, 2.75) is 26.8 Å². The largest absolute Gasteiger partial charge is 0.451 e. The number of esters is 1. The lowest BCUT2D eigenvalue weighted by Crippen LogP contribution is -2.31. The van der Waals surface area contributed by atoms with E-state index in [4.69, 9.17) is 4.74 Å². The number of rotatable bonds is 5. The van der Waals surface area contributed by atoms with Gasteiger partial charge in [0.05, 0.1) is 11.4 Å². The summed E-state index contributed by atoms with van der Waals surface area (Å²) in [5, 5.41) is 7.58. The second kappa shape index (κ2) is 8.26. The molecule has 1 atom stereocenters. The Bertz CT molecular complexity index is 1150. The molecule has 1 aromatic heterocycles. The van der Waals surface area contributed by atoms with E-state index in [2.05, 4.69) is 10.4 Å². The van der Waals surface area contributed by atoms with Crippen LogP contribution in [0.25, 0.3) is 10.8 Å². The fourth-order valence-electron chi connectivity index (χ4n) is 3.05. The molecule has 0 spiro atoms. The van der Waals surface area contributed by atoms with Gasteiger partial charge in [-0.05, 0) is 43.5 Å². The Balaban J connectivity index is 1.68. The summed E-state index contributed by atoms with van der Waals surface area (Å²) < 4.78 is 6.23. The molecule has 0 bridgehead atoms. The van der Waals surface area contributed by atoms with Crippen molar-refractivity contribution in [3.63, 3.8) is 0 Å². The minimum Gasteiger partial charge on any atom is -0.451 e. The quantitative estimate of drug-likeness (QED) is 0.673. The number of benzene rings is 2. The number of nitrogens with zero attached hydrogens (tertiary/aromatic N) is 2. The number of carbonyl (C=O) groups excluding carboxylic acids is 2. The molecule has 0 aliphatic rings. The third kappa shape index (κ3) is 4.34. The Morgan fingerprint density at radius 3 is 2.48 bits per heavy atom. The number of hydrogen-bond donors (Lipinski definition) is 1. The molecule has 0 aliphatic heterocycles. The molecule has 0 radical (unpaired) electrons. The lowest BCUT2D eigenvalue weighted by Gasteiger charge is -2.16. The molecular formula is C22H23N3O4. The summed E-state index contributed by atoms with van der Waals surface area (Å²) in [7, 11) is 1.46. The first kappa shape index (κ1) is 20.3. The molecule has 1 N–H and O–H groups in total. The van der Waals surface area contributed by atoms with Crippen LogP contribution >= 0.6 is 0 Å². The molecule has 3 aromatic rings. The van der Waals surface area contributed by atoms with Gasteiger partial charge in [-0.1, -0.05) is 36.4 Å². The van der Waals surface area contributed by atoms with Crippen LogP contribution in [-0.4, -0.2) is 28.3 Å². The first-order chi connectivity index (χ1) is 13.8. The summed E-state index contributed by atoms with van der Waals surface area (Å²) >= 11 is 0. The van der Waals surface area contributed by atoms with Crippen LogP contribution in [0.2, 0.25) is 0 Å². The highest BCUT2D eigenvalue weighted by Crippen LogP contribution is 2.17. The number of ether oxygens (including phenoxy) is 1. The fraction of sp³-hybridized carbons (Fsp3) is 0.273. The van der Waals surface area contributed by atoms with E-state index < -0.39 is 18.5 Å². The number of hydrogen-bond acceptors (Lipinski definition) is 5. The zero-order chi connectivity index (χ0) is 21.1. The molecule has 2 aromatic carbocycles. The summed E-state index contributed by atoms with van der Waals surface area (Å²) in [5.74, 6) is -1.18. The van der Waals surface area contributed by atoms with Gasteiger partial charge in [0.2, 0.25) is 0 Å². The van der Waals surface area contributed by atoms with Gasteiger partial charge in [-0.2, -0.15) is 5.10 Å². The van der Waals surface area contributed by atoms with Crippen LogP contribution in [0.5, 0.6) is 0 Å². The molecule has 3 rings (SSSR count). The normalized spacial score (nSPS) is 11.9. The predicted octanol–water partition coefficient (Wildman–Crippen LogP) is 2.58. The number of carbonyl (C=O) groups is 2. The molecular weight excluding hydrogens is 370 g/mol. The Hall–Kier alpha value is -3.48. The van der Waals surface area contributed by atoms with E-state index in [9.17, 15) is 14.4 Å². The molecule has 1 amide bonds. The summed E-state index contributed by atoms with van der Waals surface area (Å²) in [6.45, 7) is 5.47. The highest BCUT2D eigenvalue weighted by atomic mass is 16.5. The second-order valence-corrected chi connectivity index (χ2v) is 7.03. The van der Waals surface area contributed by atoms with Gasteiger partial charge in [-0.15, -0.1) is 0 Å². The van der Waals surface area contributed by atoms with Gasteiger partial charge >= 0.3 is 5.97 Å². The Kier molecular flexibility index (Phi) is 5.77. The Morgan fingerprint density at radius 1 is 1.10 bits per heavy atom. The molecule has 7 nitrogen and oxygen atoms in total. The summed E-state index contributed by atoms with van der Waals surface area (Å²) in [4.78, 5) is 36.9. The Morgan fingerprint density at radius 2 is 1.79 bits per heavy atom. The summed E-state index contributed by atoms with van der Waals surface area (Å²) in [6, 6.07) is 12.4. The standard InChI is InChI=1S/C22H23N3O4/c1-13-9-10-16(11-14(13)2)15(3)23-19(26)12-29-22(28)20-17-7-5-6-8-18(17)21(27)25(4)24-20/h5-11,15H,12H2,1-4H3,(H,23,26)/t15-/m0/s1. The maximum atomic E-state index is 12.5. The summed E-state index contributed by atoms with van der Waals surface area (Å²) in [6.07, 6.45) is 0. The fourth-order valence-corrected chi connectivity index (χ4v) is 3.05. The van der Waals surface area contributed by atoms with Crippen LogP contribution in [0, 0.1) is 13.8 Å². The van der Waals surface area contributed by atoms with E-state index in [1.165, 1.54) is 12.6 Å². The van der Waals surface area contributed by atoms with Crippen molar-refractivity contribution in [1.82, 2.24) is 15.1 Å². The van der Waals surface area contributed by atoms with Gasteiger partial charge in [-0.3, -0.25) is 9.59 Å². The van der Waals surface area contributed by atoms with Crippen molar-refractivity contribution in [3.05, 3.63) is 75.2 Å². The van der Waals surface area contributed by atoms with E-state index >= 15 is 0 Å². The van der Waals surface area contributed by atoms with E-state index in [-0.39, 0.29) is 17.3 Å². The van der Waals surface area contributed by atoms with Crippen molar-refractivity contribution < 1.29 is 14.3 Å². The van der Waals surface area contributed by atoms with Gasteiger partial charge in [0.1, 0.15) is 0 Å². The lowest BCUT2D eigenvalue weighted by molar-refractivity contribution is -0.124. The molecule has 7 heteroatoms. The number of aromatic nitrogens is 2. The first-order valence-electron chi connectivity index (χ1n) is 9.27. The minimum atomic E-state index is -0.759. The maximum Gasteiger partial charge on any atom is 0.359 e. The zero-order valence-corrected chi connectivity index (χ0v) is 16.9. The van der Waals surface area contributed by atoms with Crippen molar-refractivity contribution in [3.8, 4) is 0 Å². The highest BCUT2D eigenvalue weighted by Gasteiger charge is 2.19. The van der Waals surface area contributed by atoms with Crippen molar-refractivity contribution >= 4 is 22.6 Å². The van der Waals surface area contributed by atoms with Crippen LogP contribution in [0.4, 0.5) is 0 Å². The van der Waals surface area contributed by atoms with Crippen molar-refractivity contribution in [2.24, 2.45) is 7.05 Å². The van der Waals surface area contributed by atoms with Crippen LogP contribution in [0.3, 0.4) is 0 Å². The third-order valence-electron chi connectivity index (χ3n) is 4.89. The maximum absolute atomic E-state index is 12.5. The van der Waals surface area contributed by atoms with Crippen LogP contribution < -0.4 is 10.9 Å². The van der Waals surface area contributed by atoms with Crippen LogP contribution in [0.1, 0.15) is 40.1 Å². The number of fused-ring (bicyclic) bond motifs is 1. The van der Waals surface area contributed by atoms with E-state index in [1.807, 2.05) is 39.0 Å². The molecule has 29 heavy (non-hydrogen) atoms. The van der Waals surface area contributed by atoms with Gasteiger partial charge in [-0.25, -0.2) is 9.48 Å². The molecule has 0 saturated carbocycles. The predicted molar refractivity (Wildman–Crippen MR) is 110 cm³/mol. The van der Waals surface area contributed by atoms with Crippen molar-refractivity contribution in [1.29, 1.82) is 0 Å². The molecule has 0 unspecified atom stereocenters. The van der Waals surface area contributed by atoms with Crippen molar-refractivity contribution in [2.75, 3.05) is 6.61 Å². The van der Waals surface area contributed by atoms with Gasteiger partial charge in [0.15, 0.2) is 12.3 Å². The smallest absolute Gasteiger partial charge is 0.359 e. The molecule has 1 heterocycles. The van der Waals surface area contributed by atoms with Crippen LogP contribution in [-0.2, 0) is 16.6 Å². The van der Waals surface area contributed by atoms with Gasteiger partial charge in [0.25, 0.3) is 11.5 Å². The average molecular weight is 393 g/mol. The number of amides is 1. The topological polar surface area (TPSA) is 90.3 Å². The second-order valence-electron chi connectivity index (χ2n) is 7.03. The molecule has 150 valence electrons. The molecule has 0 fully saturated rings. The van der Waals surface area contributed by atoms with Gasteiger partial charge in [0, 0.05) is 12.4 Å². The Labute approximate surface area is 168 Å².